The van der Waals surface area contributed by atoms with E-state index in [0.717, 1.165) is 6.07 Å². The number of aromatic nitrogens is 1. The Morgan fingerprint density at radius 3 is 2.50 bits per heavy atom. The highest BCUT2D eigenvalue weighted by molar-refractivity contribution is 6.31. The number of nitrogens with zero attached hydrogens (tertiary/aromatic N) is 2. The van der Waals surface area contributed by atoms with Crippen LogP contribution in [0.4, 0.5) is 18.9 Å². The number of nitrogens with one attached hydrogen (secondary N) is 1. The Hall–Kier alpha value is -2.18. The number of anilines is 1. The van der Waals surface area contributed by atoms with E-state index in [0.29, 0.717) is 41.8 Å². The van der Waals surface area contributed by atoms with Crippen molar-refractivity contribution in [3.63, 3.8) is 0 Å². The van der Waals surface area contributed by atoms with Crippen molar-refractivity contribution in [1.82, 2.24) is 10.3 Å². The highest BCUT2D eigenvalue weighted by Gasteiger charge is 2.58. The molecule has 1 amide bonds. The van der Waals surface area contributed by atoms with Crippen molar-refractivity contribution in [3.8, 4) is 0 Å². The SMILES string of the molecule is CO[C@@H]1O[C@H](C(=O)N[C@H]2CC[C@@H](N(C)c3cc(C(F)(F)F)nc4ccc(Cl)cc34)CC2)[C@H]2OC(C)(C)O[C@@H]12. The van der Waals surface area contributed by atoms with Crippen molar-refractivity contribution in [2.45, 2.75) is 88.2 Å². The van der Waals surface area contributed by atoms with Crippen LogP contribution in [0.25, 0.3) is 10.9 Å². The molecular weight excluding hydrogens is 527 g/mol. The van der Waals surface area contributed by atoms with Crippen molar-refractivity contribution < 1.29 is 36.9 Å². The van der Waals surface area contributed by atoms with Gasteiger partial charge in [-0.15, -0.1) is 0 Å². The van der Waals surface area contributed by atoms with Gasteiger partial charge in [0, 0.05) is 42.3 Å². The number of pyridine rings is 1. The molecule has 0 bridgehead atoms. The number of methoxy groups -OCH3 is 1. The van der Waals surface area contributed by atoms with Crippen molar-refractivity contribution in [2.24, 2.45) is 0 Å². The summed E-state index contributed by atoms with van der Waals surface area (Å²) >= 11 is 6.16. The van der Waals surface area contributed by atoms with E-state index in [-0.39, 0.29) is 23.5 Å². The quantitative estimate of drug-likeness (QED) is 0.572. The summed E-state index contributed by atoms with van der Waals surface area (Å²) in [6.45, 7) is 3.56. The Morgan fingerprint density at radius 2 is 1.84 bits per heavy atom. The van der Waals surface area contributed by atoms with Gasteiger partial charge in [-0.3, -0.25) is 4.79 Å². The fraction of sp³-hybridized carbons (Fsp3) is 0.615. The van der Waals surface area contributed by atoms with E-state index in [2.05, 4.69) is 10.3 Å². The molecule has 12 heteroatoms. The number of carbonyl (C=O) groups is 1. The minimum atomic E-state index is -4.57. The fourth-order valence-electron chi connectivity index (χ4n) is 5.67. The van der Waals surface area contributed by atoms with Gasteiger partial charge in [0.15, 0.2) is 18.2 Å². The number of hydrogen-bond acceptors (Lipinski definition) is 7. The second kappa shape index (κ2) is 10.1. The molecule has 0 unspecified atom stereocenters. The Balaban J connectivity index is 1.25. The van der Waals surface area contributed by atoms with Gasteiger partial charge >= 0.3 is 6.18 Å². The van der Waals surface area contributed by atoms with Crippen LogP contribution in [-0.4, -0.2) is 67.5 Å². The van der Waals surface area contributed by atoms with Gasteiger partial charge in [0.05, 0.1) is 5.52 Å². The van der Waals surface area contributed by atoms with Crippen LogP contribution in [0.15, 0.2) is 24.3 Å². The summed E-state index contributed by atoms with van der Waals surface area (Å²) < 4.78 is 63.6. The van der Waals surface area contributed by atoms with Crippen LogP contribution in [0.3, 0.4) is 0 Å². The molecule has 38 heavy (non-hydrogen) atoms. The Labute approximate surface area is 223 Å². The minimum Gasteiger partial charge on any atom is -0.371 e. The number of ether oxygens (including phenoxy) is 4. The predicted octanol–water partition coefficient (Wildman–Crippen LogP) is 4.66. The van der Waals surface area contributed by atoms with Crippen LogP contribution >= 0.6 is 11.6 Å². The molecule has 1 aromatic heterocycles. The number of amides is 1. The molecule has 1 N–H and O–H groups in total. The van der Waals surface area contributed by atoms with Crippen LogP contribution in [0.2, 0.25) is 5.02 Å². The maximum atomic E-state index is 13.6. The smallest absolute Gasteiger partial charge is 0.371 e. The topological polar surface area (TPSA) is 82.2 Å². The molecule has 3 fully saturated rings. The summed E-state index contributed by atoms with van der Waals surface area (Å²) in [5.74, 6) is -1.13. The third kappa shape index (κ3) is 5.31. The van der Waals surface area contributed by atoms with Gasteiger partial charge in [-0.1, -0.05) is 11.6 Å². The van der Waals surface area contributed by atoms with Crippen LogP contribution in [0.5, 0.6) is 0 Å². The molecule has 0 spiro atoms. The van der Waals surface area contributed by atoms with Crippen molar-refractivity contribution in [3.05, 3.63) is 35.0 Å². The van der Waals surface area contributed by atoms with Gasteiger partial charge in [0.2, 0.25) is 0 Å². The number of hydrogen-bond donors (Lipinski definition) is 1. The molecule has 8 nitrogen and oxygen atoms in total. The lowest BCUT2D eigenvalue weighted by molar-refractivity contribution is -0.226. The summed E-state index contributed by atoms with van der Waals surface area (Å²) in [7, 11) is 3.28. The first-order valence-corrected chi connectivity index (χ1v) is 13.0. The average molecular weight is 558 g/mol. The largest absolute Gasteiger partial charge is 0.433 e. The molecule has 1 aliphatic carbocycles. The summed E-state index contributed by atoms with van der Waals surface area (Å²) in [5, 5.41) is 4.05. The third-order valence-corrected chi connectivity index (χ3v) is 7.75. The first-order chi connectivity index (χ1) is 17.9. The molecule has 5 rings (SSSR count). The highest BCUT2D eigenvalue weighted by atomic mass is 35.5. The monoisotopic (exact) mass is 557 g/mol. The van der Waals surface area contributed by atoms with Gasteiger partial charge in [-0.2, -0.15) is 13.2 Å². The van der Waals surface area contributed by atoms with Gasteiger partial charge in [0.25, 0.3) is 5.91 Å². The predicted molar refractivity (Wildman–Crippen MR) is 134 cm³/mol. The molecule has 1 saturated carbocycles. The van der Waals surface area contributed by atoms with E-state index in [4.69, 9.17) is 30.5 Å². The van der Waals surface area contributed by atoms with Crippen LogP contribution in [-0.2, 0) is 29.9 Å². The molecule has 1 aromatic carbocycles. The lowest BCUT2D eigenvalue weighted by Gasteiger charge is -2.37. The van der Waals surface area contributed by atoms with Gasteiger partial charge in [-0.05, 0) is 63.8 Å². The molecule has 2 aliphatic heterocycles. The second-order valence-corrected chi connectivity index (χ2v) is 11.0. The average Bonchev–Trinajstić information content (AvgIpc) is 3.35. The minimum absolute atomic E-state index is 0.0221. The molecule has 3 aliphatic rings. The molecule has 208 valence electrons. The third-order valence-electron chi connectivity index (χ3n) is 7.51. The zero-order valence-corrected chi connectivity index (χ0v) is 22.3. The van der Waals surface area contributed by atoms with Crippen LogP contribution < -0.4 is 10.2 Å². The number of fused-ring (bicyclic) bond motifs is 2. The van der Waals surface area contributed by atoms with Crippen molar-refractivity contribution in [1.29, 1.82) is 0 Å². The van der Waals surface area contributed by atoms with Gasteiger partial charge in [0.1, 0.15) is 17.9 Å². The van der Waals surface area contributed by atoms with E-state index < -0.39 is 42.3 Å². The Morgan fingerprint density at radius 1 is 1.16 bits per heavy atom. The number of alkyl halides is 3. The summed E-state index contributed by atoms with van der Waals surface area (Å²) in [6.07, 6.45) is -4.53. The lowest BCUT2D eigenvalue weighted by atomic mass is 9.89. The van der Waals surface area contributed by atoms with Crippen molar-refractivity contribution in [2.75, 3.05) is 19.1 Å². The molecule has 3 heterocycles. The Bertz CT molecular complexity index is 1200. The molecule has 2 saturated heterocycles. The zero-order chi connectivity index (χ0) is 27.4. The van der Waals surface area contributed by atoms with E-state index in [1.54, 1.807) is 27.0 Å². The number of benzene rings is 1. The van der Waals surface area contributed by atoms with Crippen LogP contribution in [0.1, 0.15) is 45.2 Å². The molecule has 4 atom stereocenters. The molecule has 0 radical (unpaired) electrons. The summed E-state index contributed by atoms with van der Waals surface area (Å²) in [6, 6.07) is 5.63. The van der Waals surface area contributed by atoms with E-state index in [9.17, 15) is 18.0 Å². The standard InChI is InChI=1S/C26H31ClF3N3O5/c1-25(2)37-20-21(36-24(35-4)22(20)38-25)23(34)31-14-6-8-15(9-7-14)33(3)18-12-19(26(28,29)30)32-17-10-5-13(27)11-16(17)18/h5,10-12,14-15,20-22,24H,6-9H2,1-4H3,(H,31,34)/t14-,15+,20-,21+,22-,24-/m1/s1. The normalized spacial score (nSPS) is 30.8. The van der Waals surface area contributed by atoms with Crippen molar-refractivity contribution >= 4 is 34.1 Å². The summed E-state index contributed by atoms with van der Waals surface area (Å²) in [5.41, 5.74) is -0.285. The van der Waals surface area contributed by atoms with Gasteiger partial charge < -0.3 is 29.2 Å². The highest BCUT2D eigenvalue weighted by Crippen LogP contribution is 2.40. The van der Waals surface area contributed by atoms with E-state index >= 15 is 0 Å². The Kier molecular flexibility index (Phi) is 7.27. The molecular formula is C26H31ClF3N3O5. The number of rotatable bonds is 5. The molecule has 2 aromatic rings. The summed E-state index contributed by atoms with van der Waals surface area (Å²) in [4.78, 5) is 18.8. The number of halogens is 4. The number of carbonyl (C=O) groups excluding carboxylic acids is 1. The second-order valence-electron chi connectivity index (χ2n) is 10.5. The lowest BCUT2D eigenvalue weighted by Crippen LogP contribution is -2.49. The first-order valence-electron chi connectivity index (χ1n) is 12.6. The fourth-order valence-corrected chi connectivity index (χ4v) is 5.84. The van der Waals surface area contributed by atoms with E-state index in [1.807, 2.05) is 4.90 Å². The van der Waals surface area contributed by atoms with E-state index in [1.165, 1.54) is 19.2 Å². The maximum Gasteiger partial charge on any atom is 0.433 e. The van der Waals surface area contributed by atoms with Gasteiger partial charge in [-0.25, -0.2) is 4.98 Å². The maximum absolute atomic E-state index is 13.6. The zero-order valence-electron chi connectivity index (χ0n) is 21.5. The van der Waals surface area contributed by atoms with Crippen LogP contribution in [0, 0.1) is 0 Å². The first kappa shape index (κ1) is 27.4.